The third-order valence-electron chi connectivity index (χ3n) is 4.40. The zero-order valence-corrected chi connectivity index (χ0v) is 15.3. The number of nitrogens with one attached hydrogen (secondary N) is 2. The molecule has 0 saturated heterocycles. The lowest BCUT2D eigenvalue weighted by Gasteiger charge is -2.15. The maximum Gasteiger partial charge on any atom is 0.326 e. The van der Waals surface area contributed by atoms with Gasteiger partial charge in [0.25, 0.3) is 0 Å². The van der Waals surface area contributed by atoms with Gasteiger partial charge in [-0.15, -0.1) is 0 Å². The summed E-state index contributed by atoms with van der Waals surface area (Å²) >= 11 is 0. The molecule has 0 aliphatic carbocycles. The highest BCUT2D eigenvalue weighted by molar-refractivity contribution is 5.82. The van der Waals surface area contributed by atoms with E-state index < -0.39 is 18.0 Å². The van der Waals surface area contributed by atoms with Crippen LogP contribution in [0.5, 0.6) is 0 Å². The van der Waals surface area contributed by atoms with Gasteiger partial charge in [0, 0.05) is 13.0 Å². The summed E-state index contributed by atoms with van der Waals surface area (Å²) in [6.45, 7) is 0.318. The Morgan fingerprint density at radius 2 is 1.32 bits per heavy atom. The molecule has 3 N–H and O–H groups in total. The number of aliphatic carboxylic acids is 1. The molecule has 0 aliphatic rings. The van der Waals surface area contributed by atoms with Gasteiger partial charge in [0.2, 0.25) is 0 Å². The number of hydrogen-bond acceptors (Lipinski definition) is 2. The van der Waals surface area contributed by atoms with Gasteiger partial charge < -0.3 is 15.7 Å². The second kappa shape index (κ2) is 9.37. The summed E-state index contributed by atoms with van der Waals surface area (Å²) in [5.41, 5.74) is 4.02. The highest BCUT2D eigenvalue weighted by Gasteiger charge is 2.20. The first kappa shape index (κ1) is 19.2. The molecule has 0 bridgehead atoms. The molecule has 5 heteroatoms. The maximum absolute atomic E-state index is 12.1. The van der Waals surface area contributed by atoms with Crippen molar-refractivity contribution < 1.29 is 14.7 Å². The number of carbonyl (C=O) groups is 2. The van der Waals surface area contributed by atoms with Crippen LogP contribution < -0.4 is 10.6 Å². The lowest BCUT2D eigenvalue weighted by Crippen LogP contribution is -2.46. The minimum Gasteiger partial charge on any atom is -0.480 e. The summed E-state index contributed by atoms with van der Waals surface area (Å²) < 4.78 is 0. The highest BCUT2D eigenvalue weighted by atomic mass is 16.4. The second-order valence-electron chi connectivity index (χ2n) is 6.47. The zero-order valence-electron chi connectivity index (χ0n) is 15.3. The van der Waals surface area contributed by atoms with E-state index in [-0.39, 0.29) is 6.42 Å². The van der Waals surface area contributed by atoms with Crippen molar-refractivity contribution in [3.63, 3.8) is 0 Å². The van der Waals surface area contributed by atoms with Crippen molar-refractivity contribution in [1.82, 2.24) is 10.6 Å². The number of amides is 2. The Bertz CT molecular complexity index is 910. The Balaban J connectivity index is 1.53. The number of hydrogen-bond donors (Lipinski definition) is 3. The number of rotatable bonds is 7. The van der Waals surface area contributed by atoms with Crippen LogP contribution in [0.3, 0.4) is 0 Å². The molecule has 142 valence electrons. The van der Waals surface area contributed by atoms with Gasteiger partial charge in [0.05, 0.1) is 0 Å². The monoisotopic (exact) mass is 374 g/mol. The van der Waals surface area contributed by atoms with E-state index in [9.17, 15) is 14.7 Å². The molecule has 1 atom stereocenters. The third-order valence-corrected chi connectivity index (χ3v) is 4.40. The predicted molar refractivity (Wildman–Crippen MR) is 109 cm³/mol. The van der Waals surface area contributed by atoms with Gasteiger partial charge in [0.15, 0.2) is 0 Å². The van der Waals surface area contributed by atoms with Crippen molar-refractivity contribution in [3.05, 3.63) is 96.1 Å². The van der Waals surface area contributed by atoms with Gasteiger partial charge >= 0.3 is 12.0 Å². The second-order valence-corrected chi connectivity index (χ2v) is 6.47. The average Bonchev–Trinajstić information content (AvgIpc) is 2.73. The van der Waals surface area contributed by atoms with Crippen LogP contribution in [0.25, 0.3) is 11.1 Å². The van der Waals surface area contributed by atoms with Crippen LogP contribution in [-0.4, -0.2) is 23.1 Å². The number of carboxylic acids is 1. The number of benzene rings is 3. The first-order chi connectivity index (χ1) is 13.6. The van der Waals surface area contributed by atoms with Crippen molar-refractivity contribution in [3.8, 4) is 11.1 Å². The molecular weight excluding hydrogens is 352 g/mol. The van der Waals surface area contributed by atoms with Crippen LogP contribution >= 0.6 is 0 Å². The fraction of sp³-hybridized carbons (Fsp3) is 0.130. The van der Waals surface area contributed by atoms with Gasteiger partial charge in [-0.1, -0.05) is 84.9 Å². The van der Waals surface area contributed by atoms with Gasteiger partial charge in [0.1, 0.15) is 6.04 Å². The fourth-order valence-corrected chi connectivity index (χ4v) is 2.89. The Kier molecular flexibility index (Phi) is 6.41. The maximum atomic E-state index is 12.1. The third kappa shape index (κ3) is 5.45. The average molecular weight is 374 g/mol. The molecule has 2 amide bonds. The molecule has 0 unspecified atom stereocenters. The quantitative estimate of drug-likeness (QED) is 0.588. The van der Waals surface area contributed by atoms with Crippen molar-refractivity contribution in [2.45, 2.75) is 19.0 Å². The minimum absolute atomic E-state index is 0.232. The van der Waals surface area contributed by atoms with E-state index in [2.05, 4.69) is 10.6 Å². The lowest BCUT2D eigenvalue weighted by molar-refractivity contribution is -0.139. The van der Waals surface area contributed by atoms with Gasteiger partial charge in [-0.25, -0.2) is 9.59 Å². The van der Waals surface area contributed by atoms with E-state index in [0.29, 0.717) is 6.54 Å². The molecule has 3 rings (SSSR count). The normalized spacial score (nSPS) is 11.4. The van der Waals surface area contributed by atoms with E-state index in [0.717, 1.165) is 22.3 Å². The smallest absolute Gasteiger partial charge is 0.326 e. The van der Waals surface area contributed by atoms with E-state index in [1.165, 1.54) is 0 Å². The highest BCUT2D eigenvalue weighted by Crippen LogP contribution is 2.19. The van der Waals surface area contributed by atoms with Crippen LogP contribution in [0.1, 0.15) is 11.1 Å². The van der Waals surface area contributed by atoms with Crippen LogP contribution in [0.4, 0.5) is 4.79 Å². The molecule has 28 heavy (non-hydrogen) atoms. The Morgan fingerprint density at radius 1 is 0.750 bits per heavy atom. The first-order valence-corrected chi connectivity index (χ1v) is 9.07. The molecule has 5 nitrogen and oxygen atoms in total. The first-order valence-electron chi connectivity index (χ1n) is 9.07. The summed E-state index contributed by atoms with van der Waals surface area (Å²) in [6.07, 6.45) is 0.232. The van der Waals surface area contributed by atoms with Crippen LogP contribution in [0.2, 0.25) is 0 Å². The molecule has 0 heterocycles. The predicted octanol–water partition coefficient (Wildman–Crippen LogP) is 3.85. The van der Waals surface area contributed by atoms with E-state index in [4.69, 9.17) is 0 Å². The summed E-state index contributed by atoms with van der Waals surface area (Å²) in [7, 11) is 0. The van der Waals surface area contributed by atoms with E-state index >= 15 is 0 Å². The summed E-state index contributed by atoms with van der Waals surface area (Å²) in [6, 6.07) is 25.7. The van der Waals surface area contributed by atoms with Crippen molar-refractivity contribution in [2.75, 3.05) is 0 Å². The minimum atomic E-state index is -1.06. The molecule has 0 fully saturated rings. The molecule has 0 saturated carbocycles. The largest absolute Gasteiger partial charge is 0.480 e. The van der Waals surface area contributed by atoms with Crippen molar-refractivity contribution >= 4 is 12.0 Å². The van der Waals surface area contributed by atoms with Crippen molar-refractivity contribution in [2.24, 2.45) is 0 Å². The van der Waals surface area contributed by atoms with E-state index in [1.807, 2.05) is 84.9 Å². The molecule has 3 aromatic rings. The fourth-order valence-electron chi connectivity index (χ4n) is 2.89. The zero-order chi connectivity index (χ0) is 19.8. The molecule has 0 radical (unpaired) electrons. The van der Waals surface area contributed by atoms with Gasteiger partial charge in [-0.2, -0.15) is 0 Å². The standard InChI is InChI=1S/C23H22N2O3/c26-22(27)21(15-17-7-3-1-4-8-17)25-23(28)24-16-18-11-13-20(14-12-18)19-9-5-2-6-10-19/h1-14,21H,15-16H2,(H,26,27)(H2,24,25,28)/t21-/m0/s1. The Hall–Kier alpha value is -3.60. The molecule has 0 aliphatic heterocycles. The topological polar surface area (TPSA) is 78.4 Å². The Labute approximate surface area is 164 Å². The van der Waals surface area contributed by atoms with Gasteiger partial charge in [-0.05, 0) is 22.3 Å². The van der Waals surface area contributed by atoms with Crippen molar-refractivity contribution in [1.29, 1.82) is 0 Å². The Morgan fingerprint density at radius 3 is 1.93 bits per heavy atom. The number of urea groups is 1. The molecule has 3 aromatic carbocycles. The SMILES string of the molecule is O=C(NCc1ccc(-c2ccccc2)cc1)N[C@@H](Cc1ccccc1)C(=O)O. The number of carboxylic acid groups (broad SMARTS) is 1. The van der Waals surface area contributed by atoms with Crippen LogP contribution in [0, 0.1) is 0 Å². The molecular formula is C23H22N2O3. The van der Waals surface area contributed by atoms with Gasteiger partial charge in [-0.3, -0.25) is 0 Å². The molecule has 0 aromatic heterocycles. The van der Waals surface area contributed by atoms with E-state index in [1.54, 1.807) is 0 Å². The summed E-state index contributed by atoms with van der Waals surface area (Å²) in [5.74, 6) is -1.06. The lowest BCUT2D eigenvalue weighted by atomic mass is 10.0. The van der Waals surface area contributed by atoms with Crippen LogP contribution in [0.15, 0.2) is 84.9 Å². The number of carbonyl (C=O) groups excluding carboxylic acids is 1. The summed E-state index contributed by atoms with van der Waals surface area (Å²) in [4.78, 5) is 23.6. The van der Waals surface area contributed by atoms with Crippen LogP contribution in [-0.2, 0) is 17.8 Å². The molecule has 0 spiro atoms. The summed E-state index contributed by atoms with van der Waals surface area (Å²) in [5, 5.41) is 14.6.